The molecule has 0 spiro atoms. The van der Waals surface area contributed by atoms with Crippen LogP contribution in [-0.2, 0) is 19.1 Å². The van der Waals surface area contributed by atoms with Gasteiger partial charge in [-0.1, -0.05) is 13.8 Å². The Bertz CT molecular complexity index is 326. The summed E-state index contributed by atoms with van der Waals surface area (Å²) in [5, 5.41) is 0. The second kappa shape index (κ2) is 5.65. The van der Waals surface area contributed by atoms with Crippen LogP contribution in [-0.4, -0.2) is 42.6 Å². The quantitative estimate of drug-likeness (QED) is 0.687. The first-order valence-corrected chi connectivity index (χ1v) is 5.53. The normalized spacial score (nSPS) is 19.4. The standard InChI is InChI=1S/C11H17NO5/c1-7(2)8-6-17-11(15)12(8)9(13)4-5-10(14)16-3/h7-8H,4-6H2,1-3H3/t8-/m1/s1. The minimum absolute atomic E-state index is 0.0239. The Balaban J connectivity index is 2.59. The van der Waals surface area contributed by atoms with Crippen molar-refractivity contribution in [3.8, 4) is 0 Å². The van der Waals surface area contributed by atoms with Crippen molar-refractivity contribution < 1.29 is 23.9 Å². The SMILES string of the molecule is COC(=O)CCC(=O)N1C(=O)OC[C@@H]1C(C)C. The van der Waals surface area contributed by atoms with Crippen molar-refractivity contribution in [3.05, 3.63) is 0 Å². The molecule has 17 heavy (non-hydrogen) atoms. The van der Waals surface area contributed by atoms with Crippen LogP contribution in [0, 0.1) is 5.92 Å². The van der Waals surface area contributed by atoms with E-state index in [0.717, 1.165) is 4.90 Å². The van der Waals surface area contributed by atoms with Crippen LogP contribution >= 0.6 is 0 Å². The third-order valence-electron chi connectivity index (χ3n) is 2.71. The lowest BCUT2D eigenvalue weighted by atomic mass is 10.0. The highest BCUT2D eigenvalue weighted by atomic mass is 16.6. The van der Waals surface area contributed by atoms with Gasteiger partial charge in [0.15, 0.2) is 0 Å². The number of esters is 1. The fourth-order valence-electron chi connectivity index (χ4n) is 1.65. The largest absolute Gasteiger partial charge is 0.469 e. The van der Waals surface area contributed by atoms with Crippen LogP contribution < -0.4 is 0 Å². The van der Waals surface area contributed by atoms with Crippen molar-refractivity contribution in [2.45, 2.75) is 32.7 Å². The zero-order valence-corrected chi connectivity index (χ0v) is 10.3. The van der Waals surface area contributed by atoms with Gasteiger partial charge in [0.25, 0.3) is 0 Å². The summed E-state index contributed by atoms with van der Waals surface area (Å²) in [6.07, 6.45) is -0.687. The highest BCUT2D eigenvalue weighted by Crippen LogP contribution is 2.20. The van der Waals surface area contributed by atoms with Gasteiger partial charge in [-0.15, -0.1) is 0 Å². The summed E-state index contributed by atoms with van der Waals surface area (Å²) >= 11 is 0. The van der Waals surface area contributed by atoms with E-state index < -0.39 is 18.0 Å². The topological polar surface area (TPSA) is 72.9 Å². The second-order valence-electron chi connectivity index (χ2n) is 4.23. The lowest BCUT2D eigenvalue weighted by Crippen LogP contribution is -2.41. The Hall–Kier alpha value is -1.59. The number of nitrogens with zero attached hydrogens (tertiary/aromatic N) is 1. The molecule has 1 rings (SSSR count). The number of carbonyl (C=O) groups is 3. The van der Waals surface area contributed by atoms with Crippen LogP contribution in [0.5, 0.6) is 0 Å². The fourth-order valence-corrected chi connectivity index (χ4v) is 1.65. The Morgan fingerprint density at radius 1 is 1.47 bits per heavy atom. The molecule has 0 aromatic heterocycles. The van der Waals surface area contributed by atoms with E-state index in [2.05, 4.69) is 4.74 Å². The first-order valence-electron chi connectivity index (χ1n) is 5.53. The van der Waals surface area contributed by atoms with Crippen LogP contribution in [0.3, 0.4) is 0 Å². The first-order chi connectivity index (χ1) is 7.97. The Kier molecular flexibility index (Phi) is 4.48. The maximum atomic E-state index is 11.8. The summed E-state index contributed by atoms with van der Waals surface area (Å²) < 4.78 is 9.28. The molecule has 1 aliphatic rings. The number of ether oxygens (including phenoxy) is 2. The Morgan fingerprint density at radius 2 is 2.12 bits per heavy atom. The highest BCUT2D eigenvalue weighted by Gasteiger charge is 2.39. The van der Waals surface area contributed by atoms with E-state index in [1.165, 1.54) is 7.11 Å². The predicted octanol–water partition coefficient (Wildman–Crippen LogP) is 0.943. The molecule has 0 aliphatic carbocycles. The maximum Gasteiger partial charge on any atom is 0.416 e. The molecule has 6 nitrogen and oxygen atoms in total. The minimum atomic E-state index is -0.626. The van der Waals surface area contributed by atoms with Crippen molar-refractivity contribution >= 4 is 18.0 Å². The summed E-state index contributed by atoms with van der Waals surface area (Å²) in [5.41, 5.74) is 0. The molecule has 2 amide bonds. The molecule has 0 unspecified atom stereocenters. The molecule has 0 bridgehead atoms. The monoisotopic (exact) mass is 243 g/mol. The highest BCUT2D eigenvalue weighted by molar-refractivity contribution is 5.94. The van der Waals surface area contributed by atoms with Gasteiger partial charge in [-0.3, -0.25) is 9.59 Å². The van der Waals surface area contributed by atoms with Gasteiger partial charge in [0, 0.05) is 6.42 Å². The van der Waals surface area contributed by atoms with Crippen LogP contribution in [0.1, 0.15) is 26.7 Å². The first kappa shape index (κ1) is 13.5. The zero-order valence-electron chi connectivity index (χ0n) is 10.3. The predicted molar refractivity (Wildman–Crippen MR) is 58.1 cm³/mol. The molecule has 0 saturated carbocycles. The number of imide groups is 1. The molecule has 0 aromatic rings. The number of hydrogen-bond acceptors (Lipinski definition) is 5. The Morgan fingerprint density at radius 3 is 2.65 bits per heavy atom. The third-order valence-corrected chi connectivity index (χ3v) is 2.71. The van der Waals surface area contributed by atoms with E-state index in [4.69, 9.17) is 4.74 Å². The van der Waals surface area contributed by atoms with Crippen LogP contribution in [0.25, 0.3) is 0 Å². The molecule has 1 aliphatic heterocycles. The van der Waals surface area contributed by atoms with Crippen molar-refractivity contribution in [1.29, 1.82) is 0 Å². The Labute approximate surface area is 99.9 Å². The molecule has 96 valence electrons. The number of cyclic esters (lactones) is 1. The van der Waals surface area contributed by atoms with E-state index >= 15 is 0 Å². The van der Waals surface area contributed by atoms with Gasteiger partial charge in [0.1, 0.15) is 6.61 Å². The third kappa shape index (κ3) is 3.18. The molecule has 0 aromatic carbocycles. The number of carbonyl (C=O) groups excluding carboxylic acids is 3. The summed E-state index contributed by atoms with van der Waals surface area (Å²) in [7, 11) is 1.26. The summed E-state index contributed by atoms with van der Waals surface area (Å²) in [6.45, 7) is 4.04. The number of rotatable bonds is 4. The van der Waals surface area contributed by atoms with Gasteiger partial charge in [-0.25, -0.2) is 9.69 Å². The molecule has 1 atom stereocenters. The van der Waals surface area contributed by atoms with Gasteiger partial charge < -0.3 is 9.47 Å². The molecule has 1 heterocycles. The number of methoxy groups -OCH3 is 1. The lowest BCUT2D eigenvalue weighted by Gasteiger charge is -2.22. The fraction of sp³-hybridized carbons (Fsp3) is 0.727. The van der Waals surface area contributed by atoms with Crippen LogP contribution in [0.4, 0.5) is 4.79 Å². The van der Waals surface area contributed by atoms with Gasteiger partial charge in [0.05, 0.1) is 19.6 Å². The number of amides is 2. The maximum absolute atomic E-state index is 11.8. The average molecular weight is 243 g/mol. The van der Waals surface area contributed by atoms with Gasteiger partial charge >= 0.3 is 12.1 Å². The van der Waals surface area contributed by atoms with E-state index in [1.807, 2.05) is 13.8 Å². The van der Waals surface area contributed by atoms with Gasteiger partial charge in [-0.05, 0) is 5.92 Å². The van der Waals surface area contributed by atoms with E-state index in [1.54, 1.807) is 0 Å². The number of hydrogen-bond donors (Lipinski definition) is 0. The minimum Gasteiger partial charge on any atom is -0.469 e. The molecule has 6 heteroatoms. The summed E-state index contributed by atoms with van der Waals surface area (Å²) in [5.74, 6) is -0.730. The zero-order chi connectivity index (χ0) is 13.0. The van der Waals surface area contributed by atoms with E-state index in [-0.39, 0.29) is 31.4 Å². The molecule has 0 radical (unpaired) electrons. The van der Waals surface area contributed by atoms with Crippen LogP contribution in [0.15, 0.2) is 0 Å². The smallest absolute Gasteiger partial charge is 0.416 e. The molecule has 1 fully saturated rings. The van der Waals surface area contributed by atoms with Crippen molar-refractivity contribution in [3.63, 3.8) is 0 Å². The van der Waals surface area contributed by atoms with Crippen LogP contribution in [0.2, 0.25) is 0 Å². The van der Waals surface area contributed by atoms with Crippen molar-refractivity contribution in [2.75, 3.05) is 13.7 Å². The van der Waals surface area contributed by atoms with Gasteiger partial charge in [-0.2, -0.15) is 0 Å². The summed E-state index contributed by atoms with van der Waals surface area (Å²) in [6, 6.07) is -0.243. The molecular weight excluding hydrogens is 226 g/mol. The van der Waals surface area contributed by atoms with Gasteiger partial charge in [0.2, 0.25) is 5.91 Å². The van der Waals surface area contributed by atoms with E-state index in [0.29, 0.717) is 0 Å². The van der Waals surface area contributed by atoms with E-state index in [9.17, 15) is 14.4 Å². The average Bonchev–Trinajstić information content (AvgIpc) is 2.67. The summed E-state index contributed by atoms with van der Waals surface area (Å²) in [4.78, 5) is 35.2. The second-order valence-corrected chi connectivity index (χ2v) is 4.23. The van der Waals surface area contributed by atoms with Crippen molar-refractivity contribution in [2.24, 2.45) is 5.92 Å². The lowest BCUT2D eigenvalue weighted by molar-refractivity contribution is -0.143. The molecule has 0 N–H and O–H groups in total. The molecule has 1 saturated heterocycles. The molecular formula is C11H17NO5. The van der Waals surface area contributed by atoms with Crippen molar-refractivity contribution in [1.82, 2.24) is 4.90 Å².